The summed E-state index contributed by atoms with van der Waals surface area (Å²) in [4.78, 5) is 10.7. The molecule has 9 heteroatoms. The minimum atomic E-state index is -4.40. The number of hydrogen-bond acceptors (Lipinski definition) is 5. The third-order valence-electron chi connectivity index (χ3n) is 3.42. The highest BCUT2D eigenvalue weighted by Crippen LogP contribution is 2.32. The lowest BCUT2D eigenvalue weighted by Gasteiger charge is -2.11. The first-order chi connectivity index (χ1) is 12.3. The fraction of sp³-hybridized carbons (Fsp3) is 0.118. The van der Waals surface area contributed by atoms with Crippen molar-refractivity contribution in [3.05, 3.63) is 60.0 Å². The van der Waals surface area contributed by atoms with E-state index in [4.69, 9.17) is 9.52 Å². The predicted molar refractivity (Wildman–Crippen MR) is 85.8 cm³/mol. The summed E-state index contributed by atoms with van der Waals surface area (Å²) in [6, 6.07) is 11.4. The van der Waals surface area contributed by atoms with Gasteiger partial charge in [0.2, 0.25) is 11.8 Å². The maximum absolute atomic E-state index is 12.6. The molecule has 0 saturated heterocycles. The Kier molecular flexibility index (Phi) is 4.61. The fourth-order valence-corrected chi connectivity index (χ4v) is 2.24. The van der Waals surface area contributed by atoms with Crippen LogP contribution in [0.5, 0.6) is 0 Å². The maximum atomic E-state index is 12.6. The Morgan fingerprint density at radius 3 is 2.42 bits per heavy atom. The van der Waals surface area contributed by atoms with E-state index in [0.29, 0.717) is 16.9 Å². The van der Waals surface area contributed by atoms with E-state index in [-0.39, 0.29) is 11.8 Å². The normalized spacial score (nSPS) is 11.3. The molecule has 2 N–H and O–H groups in total. The Labute approximate surface area is 145 Å². The number of halogens is 3. The van der Waals surface area contributed by atoms with Crippen molar-refractivity contribution in [1.29, 1.82) is 0 Å². The second-order valence-corrected chi connectivity index (χ2v) is 5.32. The van der Waals surface area contributed by atoms with Crippen LogP contribution in [-0.4, -0.2) is 21.3 Å². The highest BCUT2D eigenvalue weighted by atomic mass is 19.4. The first-order valence-electron chi connectivity index (χ1n) is 7.41. The van der Waals surface area contributed by atoms with Gasteiger partial charge in [0.15, 0.2) is 0 Å². The van der Waals surface area contributed by atoms with E-state index in [1.54, 1.807) is 24.3 Å². The molecule has 0 bridgehead atoms. The molecule has 3 rings (SSSR count). The Balaban J connectivity index is 1.85. The second-order valence-electron chi connectivity index (χ2n) is 5.32. The molecule has 0 aliphatic rings. The lowest BCUT2D eigenvalue weighted by Crippen LogP contribution is -2.04. The van der Waals surface area contributed by atoms with Crippen LogP contribution in [0.25, 0.3) is 11.5 Å². The first-order valence-corrected chi connectivity index (χ1v) is 7.41. The number of rotatable bonds is 5. The van der Waals surface area contributed by atoms with Gasteiger partial charge in [-0.15, -0.1) is 10.2 Å². The van der Waals surface area contributed by atoms with E-state index < -0.39 is 24.1 Å². The molecule has 0 atom stereocenters. The number of alkyl halides is 3. The van der Waals surface area contributed by atoms with Crippen LogP contribution in [0, 0.1) is 0 Å². The molecule has 1 aromatic heterocycles. The van der Waals surface area contributed by atoms with Gasteiger partial charge in [0.25, 0.3) is 0 Å². The lowest BCUT2D eigenvalue weighted by atomic mass is 10.1. The van der Waals surface area contributed by atoms with Gasteiger partial charge >= 0.3 is 12.1 Å². The molecule has 0 radical (unpaired) electrons. The quantitative estimate of drug-likeness (QED) is 0.709. The van der Waals surface area contributed by atoms with Crippen LogP contribution in [0.1, 0.15) is 11.5 Å². The smallest absolute Gasteiger partial charge is 0.416 e. The summed E-state index contributed by atoms with van der Waals surface area (Å²) in [5.74, 6) is -1.04. The highest BCUT2D eigenvalue weighted by molar-refractivity contribution is 5.77. The largest absolute Gasteiger partial charge is 0.481 e. The van der Waals surface area contributed by atoms with Crippen LogP contribution in [0.15, 0.2) is 52.9 Å². The predicted octanol–water partition coefficient (Wildman–Crippen LogP) is 4.13. The van der Waals surface area contributed by atoms with Crippen LogP contribution in [0.3, 0.4) is 0 Å². The van der Waals surface area contributed by atoms with Crippen molar-refractivity contribution in [3.63, 3.8) is 0 Å². The van der Waals surface area contributed by atoms with E-state index in [1.807, 2.05) is 0 Å². The zero-order chi connectivity index (χ0) is 18.7. The molecule has 0 saturated carbocycles. The van der Waals surface area contributed by atoms with Crippen molar-refractivity contribution in [2.45, 2.75) is 12.6 Å². The van der Waals surface area contributed by atoms with E-state index in [9.17, 15) is 18.0 Å². The molecule has 0 fully saturated rings. The van der Waals surface area contributed by atoms with E-state index in [1.165, 1.54) is 12.1 Å². The zero-order valence-corrected chi connectivity index (χ0v) is 13.1. The molecular weight excluding hydrogens is 351 g/mol. The van der Waals surface area contributed by atoms with E-state index in [0.717, 1.165) is 12.1 Å². The summed E-state index contributed by atoms with van der Waals surface area (Å²) >= 11 is 0. The SMILES string of the molecule is O=C(O)Cc1nnc(-c2ccccc2Nc2ccc(C(F)(F)F)cc2)o1. The number of anilines is 2. The summed E-state index contributed by atoms with van der Waals surface area (Å²) < 4.78 is 43.2. The molecular formula is C17H12F3N3O3. The fourth-order valence-electron chi connectivity index (χ4n) is 2.24. The summed E-state index contributed by atoms with van der Waals surface area (Å²) in [5.41, 5.74) is 0.719. The first kappa shape index (κ1) is 17.5. The van der Waals surface area contributed by atoms with Crippen molar-refractivity contribution in [3.8, 4) is 11.5 Å². The van der Waals surface area contributed by atoms with Crippen LogP contribution in [0.2, 0.25) is 0 Å². The molecule has 0 aliphatic carbocycles. The zero-order valence-electron chi connectivity index (χ0n) is 13.1. The summed E-state index contributed by atoms with van der Waals surface area (Å²) in [5, 5.41) is 19.2. The number of carboxylic acids is 1. The lowest BCUT2D eigenvalue weighted by molar-refractivity contribution is -0.138. The average Bonchev–Trinajstić information content (AvgIpc) is 3.02. The Bertz CT molecular complexity index is 921. The van der Waals surface area contributed by atoms with Gasteiger partial charge < -0.3 is 14.8 Å². The van der Waals surface area contributed by atoms with E-state index >= 15 is 0 Å². The number of benzene rings is 2. The molecule has 0 aliphatic heterocycles. The van der Waals surface area contributed by atoms with Crippen LogP contribution >= 0.6 is 0 Å². The van der Waals surface area contributed by atoms with Gasteiger partial charge in [0, 0.05) is 5.69 Å². The van der Waals surface area contributed by atoms with Gasteiger partial charge in [0.1, 0.15) is 6.42 Å². The molecule has 3 aromatic rings. The summed E-state index contributed by atoms with van der Waals surface area (Å²) in [7, 11) is 0. The van der Waals surface area contributed by atoms with Crippen molar-refractivity contribution >= 4 is 17.3 Å². The van der Waals surface area contributed by atoms with Crippen LogP contribution < -0.4 is 5.32 Å². The van der Waals surface area contributed by atoms with Crippen LogP contribution in [0.4, 0.5) is 24.5 Å². The van der Waals surface area contributed by atoms with Crippen LogP contribution in [-0.2, 0) is 17.4 Å². The number of aliphatic carboxylic acids is 1. The third-order valence-corrected chi connectivity index (χ3v) is 3.42. The molecule has 2 aromatic carbocycles. The number of nitrogens with one attached hydrogen (secondary N) is 1. The Morgan fingerprint density at radius 2 is 1.77 bits per heavy atom. The number of para-hydroxylation sites is 1. The number of aromatic nitrogens is 2. The van der Waals surface area contributed by atoms with Gasteiger partial charge in [0.05, 0.1) is 16.8 Å². The molecule has 0 spiro atoms. The van der Waals surface area contributed by atoms with Crippen molar-refractivity contribution in [2.24, 2.45) is 0 Å². The van der Waals surface area contributed by atoms with Gasteiger partial charge in [-0.3, -0.25) is 4.79 Å². The van der Waals surface area contributed by atoms with Gasteiger partial charge in [-0.2, -0.15) is 13.2 Å². The van der Waals surface area contributed by atoms with E-state index in [2.05, 4.69) is 15.5 Å². The summed E-state index contributed by atoms with van der Waals surface area (Å²) in [6.45, 7) is 0. The van der Waals surface area contributed by atoms with Crippen molar-refractivity contribution in [2.75, 3.05) is 5.32 Å². The molecule has 26 heavy (non-hydrogen) atoms. The number of carbonyl (C=O) groups is 1. The molecule has 0 unspecified atom stereocenters. The van der Waals surface area contributed by atoms with Gasteiger partial charge in [-0.25, -0.2) is 0 Å². The highest BCUT2D eigenvalue weighted by Gasteiger charge is 2.30. The standard InChI is InChI=1S/C17H12F3N3O3/c18-17(19,20)10-5-7-11(8-6-10)21-13-4-2-1-3-12(13)16-23-22-14(26-16)9-15(24)25/h1-8,21H,9H2,(H,24,25). The molecule has 134 valence electrons. The Hall–Kier alpha value is -3.36. The maximum Gasteiger partial charge on any atom is 0.416 e. The third kappa shape index (κ3) is 4.00. The van der Waals surface area contributed by atoms with Gasteiger partial charge in [-0.1, -0.05) is 12.1 Å². The summed E-state index contributed by atoms with van der Waals surface area (Å²) in [6.07, 6.45) is -4.80. The van der Waals surface area contributed by atoms with Gasteiger partial charge in [-0.05, 0) is 36.4 Å². The minimum absolute atomic E-state index is 0.0446. The molecule has 6 nitrogen and oxygen atoms in total. The molecule has 0 amide bonds. The van der Waals surface area contributed by atoms with Crippen molar-refractivity contribution in [1.82, 2.24) is 10.2 Å². The number of carboxylic acid groups (broad SMARTS) is 1. The Morgan fingerprint density at radius 1 is 1.08 bits per heavy atom. The molecule has 1 heterocycles. The minimum Gasteiger partial charge on any atom is -0.481 e. The monoisotopic (exact) mass is 363 g/mol. The second kappa shape index (κ2) is 6.87. The topological polar surface area (TPSA) is 88.2 Å². The number of hydrogen-bond donors (Lipinski definition) is 2. The average molecular weight is 363 g/mol. The van der Waals surface area contributed by atoms with Crippen molar-refractivity contribution < 1.29 is 27.5 Å². The number of nitrogens with zero attached hydrogens (tertiary/aromatic N) is 2.